The molecule has 1 aromatic rings. The summed E-state index contributed by atoms with van der Waals surface area (Å²) in [6, 6.07) is 1.42. The van der Waals surface area contributed by atoms with Crippen molar-refractivity contribution in [2.24, 2.45) is 5.92 Å². The van der Waals surface area contributed by atoms with Gasteiger partial charge >= 0.3 is 13.5 Å². The van der Waals surface area contributed by atoms with Crippen LogP contribution in [-0.4, -0.2) is 26.7 Å². The summed E-state index contributed by atoms with van der Waals surface area (Å²) in [5.41, 5.74) is -0.0333. The van der Waals surface area contributed by atoms with Crippen molar-refractivity contribution in [2.75, 3.05) is 13.2 Å². The van der Waals surface area contributed by atoms with Crippen molar-refractivity contribution < 1.29 is 36.0 Å². The molecular formula is C12H12BF5O3. The van der Waals surface area contributed by atoms with Crippen molar-refractivity contribution in [3.05, 3.63) is 23.8 Å². The molecule has 0 unspecified atom stereocenters. The molecule has 1 saturated heterocycles. The van der Waals surface area contributed by atoms with Crippen LogP contribution in [0.5, 0.6) is 5.75 Å². The highest BCUT2D eigenvalue weighted by molar-refractivity contribution is 6.61. The van der Waals surface area contributed by atoms with Crippen LogP contribution in [0.4, 0.5) is 22.0 Å². The topological polar surface area (TPSA) is 27.7 Å². The molecule has 0 atom stereocenters. The highest BCUT2D eigenvalue weighted by atomic mass is 19.4. The molecule has 0 aliphatic carbocycles. The van der Waals surface area contributed by atoms with Gasteiger partial charge in [-0.25, -0.2) is 8.78 Å². The van der Waals surface area contributed by atoms with Crippen LogP contribution in [0.3, 0.4) is 0 Å². The van der Waals surface area contributed by atoms with Crippen molar-refractivity contribution in [1.29, 1.82) is 0 Å². The van der Waals surface area contributed by atoms with Gasteiger partial charge in [-0.1, -0.05) is 6.92 Å². The van der Waals surface area contributed by atoms with Gasteiger partial charge in [0, 0.05) is 19.1 Å². The van der Waals surface area contributed by atoms with Crippen LogP contribution in [0.2, 0.25) is 0 Å². The predicted molar refractivity (Wildman–Crippen MR) is 64.1 cm³/mol. The van der Waals surface area contributed by atoms with Crippen LogP contribution in [-0.2, 0) is 9.31 Å². The Labute approximate surface area is 118 Å². The monoisotopic (exact) mass is 310 g/mol. The second kappa shape index (κ2) is 6.19. The average Bonchev–Trinajstić information content (AvgIpc) is 2.42. The molecule has 0 saturated carbocycles. The molecule has 21 heavy (non-hydrogen) atoms. The fourth-order valence-corrected chi connectivity index (χ4v) is 1.90. The van der Waals surface area contributed by atoms with Gasteiger partial charge in [-0.3, -0.25) is 0 Å². The van der Waals surface area contributed by atoms with E-state index in [0.29, 0.717) is 25.3 Å². The van der Waals surface area contributed by atoms with E-state index >= 15 is 0 Å². The van der Waals surface area contributed by atoms with E-state index in [0.717, 1.165) is 6.42 Å². The minimum Gasteiger partial charge on any atom is -0.407 e. The van der Waals surface area contributed by atoms with Crippen LogP contribution < -0.4 is 10.2 Å². The SMILES string of the molecule is CCC1COB(c2cc(F)c(OC(F)(F)F)c(F)c2)OC1. The van der Waals surface area contributed by atoms with E-state index in [-0.39, 0.29) is 11.4 Å². The van der Waals surface area contributed by atoms with Gasteiger partial charge < -0.3 is 14.0 Å². The van der Waals surface area contributed by atoms with Crippen LogP contribution in [0.15, 0.2) is 12.1 Å². The lowest BCUT2D eigenvalue weighted by atomic mass is 9.77. The second-order valence-corrected chi connectivity index (χ2v) is 4.63. The first kappa shape index (κ1) is 16.0. The van der Waals surface area contributed by atoms with Gasteiger partial charge in [-0.05, 0) is 24.0 Å². The first-order valence-corrected chi connectivity index (χ1v) is 6.28. The summed E-state index contributed by atoms with van der Waals surface area (Å²) in [5, 5.41) is 0. The van der Waals surface area contributed by atoms with E-state index in [1.165, 1.54) is 0 Å². The molecule has 0 aromatic heterocycles. The van der Waals surface area contributed by atoms with Crippen LogP contribution in [0.25, 0.3) is 0 Å². The standard InChI is InChI=1S/C12H12BF5O3/c1-2-7-5-19-13(20-6-7)8-3-9(14)11(10(15)4-8)21-12(16,17)18/h3-4,7H,2,5-6H2,1H3. The van der Waals surface area contributed by atoms with E-state index in [2.05, 4.69) is 4.74 Å². The molecular weight excluding hydrogens is 298 g/mol. The molecule has 1 aliphatic rings. The van der Waals surface area contributed by atoms with Gasteiger partial charge in [-0.15, -0.1) is 13.2 Å². The van der Waals surface area contributed by atoms with E-state index in [1.54, 1.807) is 0 Å². The third-order valence-corrected chi connectivity index (χ3v) is 3.05. The van der Waals surface area contributed by atoms with Crippen molar-refractivity contribution >= 4 is 12.6 Å². The van der Waals surface area contributed by atoms with Gasteiger partial charge in [0.25, 0.3) is 0 Å². The van der Waals surface area contributed by atoms with Gasteiger partial charge in [0.05, 0.1) is 0 Å². The minimum absolute atomic E-state index is 0.0333. The molecule has 3 nitrogen and oxygen atoms in total. The Morgan fingerprint density at radius 1 is 1.19 bits per heavy atom. The second-order valence-electron chi connectivity index (χ2n) is 4.63. The number of benzene rings is 1. The third kappa shape index (κ3) is 4.07. The number of hydrogen-bond donors (Lipinski definition) is 0. The summed E-state index contributed by atoms with van der Waals surface area (Å²) < 4.78 is 77.1. The molecule has 2 rings (SSSR count). The van der Waals surface area contributed by atoms with E-state index in [4.69, 9.17) is 9.31 Å². The van der Waals surface area contributed by atoms with E-state index in [1.807, 2.05) is 6.92 Å². The number of ether oxygens (including phenoxy) is 1. The van der Waals surface area contributed by atoms with Crippen molar-refractivity contribution in [3.8, 4) is 5.75 Å². The summed E-state index contributed by atoms with van der Waals surface area (Å²) in [4.78, 5) is 0. The number of hydrogen-bond acceptors (Lipinski definition) is 3. The first-order valence-electron chi connectivity index (χ1n) is 6.28. The quantitative estimate of drug-likeness (QED) is 0.634. The Morgan fingerprint density at radius 3 is 2.14 bits per heavy atom. The zero-order chi connectivity index (χ0) is 15.6. The number of halogens is 5. The molecule has 1 aliphatic heterocycles. The molecule has 0 amide bonds. The smallest absolute Gasteiger partial charge is 0.407 e. The lowest BCUT2D eigenvalue weighted by Crippen LogP contribution is -2.44. The Balaban J connectivity index is 2.16. The first-order chi connectivity index (χ1) is 9.80. The molecule has 9 heteroatoms. The van der Waals surface area contributed by atoms with Crippen LogP contribution >= 0.6 is 0 Å². The Morgan fingerprint density at radius 2 is 1.71 bits per heavy atom. The summed E-state index contributed by atoms with van der Waals surface area (Å²) in [6.45, 7) is 2.65. The number of rotatable bonds is 3. The predicted octanol–water partition coefficient (Wildman–Crippen LogP) is 2.63. The van der Waals surface area contributed by atoms with Gasteiger partial charge in [0.15, 0.2) is 11.6 Å². The van der Waals surface area contributed by atoms with Crippen LogP contribution in [0.1, 0.15) is 13.3 Å². The highest BCUT2D eigenvalue weighted by Gasteiger charge is 2.36. The summed E-state index contributed by atoms with van der Waals surface area (Å²) in [6.07, 6.45) is -4.34. The van der Waals surface area contributed by atoms with Crippen LogP contribution in [0, 0.1) is 17.6 Å². The molecule has 1 fully saturated rings. The summed E-state index contributed by atoms with van der Waals surface area (Å²) >= 11 is 0. The zero-order valence-electron chi connectivity index (χ0n) is 11.0. The zero-order valence-corrected chi connectivity index (χ0v) is 11.0. The summed E-state index contributed by atoms with van der Waals surface area (Å²) in [5.74, 6) is -4.24. The molecule has 1 aromatic carbocycles. The van der Waals surface area contributed by atoms with Crippen molar-refractivity contribution in [1.82, 2.24) is 0 Å². The maximum atomic E-state index is 13.6. The third-order valence-electron chi connectivity index (χ3n) is 3.05. The molecule has 0 radical (unpaired) electrons. The lowest BCUT2D eigenvalue weighted by Gasteiger charge is -2.26. The minimum atomic E-state index is -5.17. The fraction of sp³-hybridized carbons (Fsp3) is 0.500. The van der Waals surface area contributed by atoms with Crippen molar-refractivity contribution in [3.63, 3.8) is 0 Å². The van der Waals surface area contributed by atoms with Gasteiger partial charge in [0.2, 0.25) is 5.75 Å². The van der Waals surface area contributed by atoms with E-state index < -0.39 is 30.9 Å². The lowest BCUT2D eigenvalue weighted by molar-refractivity contribution is -0.276. The highest BCUT2D eigenvalue weighted by Crippen LogP contribution is 2.28. The average molecular weight is 310 g/mol. The van der Waals surface area contributed by atoms with Gasteiger partial charge in [-0.2, -0.15) is 0 Å². The Hall–Kier alpha value is -1.35. The molecule has 0 spiro atoms. The molecule has 1 heterocycles. The number of alkyl halides is 3. The summed E-state index contributed by atoms with van der Waals surface area (Å²) in [7, 11) is -1.00. The van der Waals surface area contributed by atoms with Crippen molar-refractivity contribution in [2.45, 2.75) is 19.7 Å². The van der Waals surface area contributed by atoms with E-state index in [9.17, 15) is 22.0 Å². The Kier molecular flexibility index (Phi) is 4.72. The fourth-order valence-electron chi connectivity index (χ4n) is 1.90. The Bertz CT molecular complexity index is 477. The molecule has 116 valence electrons. The maximum Gasteiger partial charge on any atom is 0.573 e. The normalized spacial score (nSPS) is 17.1. The van der Waals surface area contributed by atoms with Gasteiger partial charge in [0.1, 0.15) is 0 Å². The largest absolute Gasteiger partial charge is 0.573 e. The molecule has 0 N–H and O–H groups in total. The maximum absolute atomic E-state index is 13.6. The molecule has 0 bridgehead atoms.